The molecule has 9 unspecified atom stereocenters. The number of aliphatic hydroxyl groups excluding tert-OH is 6. The number of hydrogen-bond acceptors (Lipinski definition) is 14. The van der Waals surface area contributed by atoms with Crippen molar-refractivity contribution in [2.24, 2.45) is 0 Å². The summed E-state index contributed by atoms with van der Waals surface area (Å²) in [5, 5.41) is 79.1. The van der Waals surface area contributed by atoms with Crippen LogP contribution < -0.4 is 4.84 Å². The fourth-order valence-electron chi connectivity index (χ4n) is 5.12. The molecule has 2 fully saturated rings. The molecule has 15 nitrogen and oxygen atoms in total. The maximum atomic E-state index is 12.1. The summed E-state index contributed by atoms with van der Waals surface area (Å²) in [7, 11) is 0. The highest BCUT2D eigenvalue weighted by Crippen LogP contribution is 2.25. The second-order valence-electron chi connectivity index (χ2n) is 10.9. The predicted molar refractivity (Wildman–Crippen MR) is 144 cm³/mol. The second-order valence-corrected chi connectivity index (χ2v) is 10.9. The minimum atomic E-state index is -1.29. The van der Waals surface area contributed by atoms with Gasteiger partial charge in [-0.25, -0.2) is 4.79 Å². The Morgan fingerprint density at radius 2 is 1.62 bits per heavy atom. The third-order valence-corrected chi connectivity index (χ3v) is 7.66. The number of nitrogens with zero attached hydrogens (tertiary/aromatic N) is 2. The lowest BCUT2D eigenvalue weighted by atomic mass is 9.93. The number of aromatic nitrogens is 1. The van der Waals surface area contributed by atoms with Crippen molar-refractivity contribution in [2.45, 2.75) is 107 Å². The van der Waals surface area contributed by atoms with Gasteiger partial charge in [0.25, 0.3) is 0 Å². The molecule has 242 valence electrons. The number of ether oxygens (including phenoxy) is 3. The van der Waals surface area contributed by atoms with Crippen molar-refractivity contribution in [1.82, 2.24) is 9.63 Å². The zero-order valence-electron chi connectivity index (χ0n) is 23.8. The normalized spacial score (nSPS) is 31.9. The van der Waals surface area contributed by atoms with Crippen molar-refractivity contribution in [1.29, 1.82) is 0 Å². The van der Waals surface area contributed by atoms with Crippen LogP contribution in [0.1, 0.15) is 51.9 Å². The molecular formula is C27H46N2O13. The van der Waals surface area contributed by atoms with Gasteiger partial charge in [0.15, 0.2) is 6.29 Å². The first-order valence-electron chi connectivity index (χ1n) is 14.5. The van der Waals surface area contributed by atoms with Crippen molar-refractivity contribution in [3.63, 3.8) is 0 Å². The SMILES string of the molecule is CC1OC(CCCN(CCCCCC(=O)On2c(O)ccc2O)CCOC2OC(CO)CC(O)C2O)C(O)C(O)C1O. The van der Waals surface area contributed by atoms with E-state index in [4.69, 9.17) is 19.0 Å². The van der Waals surface area contributed by atoms with Gasteiger partial charge in [0.2, 0.25) is 11.8 Å². The number of rotatable bonds is 16. The first-order chi connectivity index (χ1) is 20.0. The van der Waals surface area contributed by atoms with Crippen LogP contribution in [0.15, 0.2) is 12.1 Å². The Morgan fingerprint density at radius 1 is 0.929 bits per heavy atom. The highest BCUT2D eigenvalue weighted by molar-refractivity contribution is 5.69. The molecule has 15 heteroatoms. The van der Waals surface area contributed by atoms with Crippen molar-refractivity contribution in [3.8, 4) is 11.8 Å². The first kappa shape index (κ1) is 34.4. The van der Waals surface area contributed by atoms with Gasteiger partial charge >= 0.3 is 5.97 Å². The van der Waals surface area contributed by atoms with E-state index in [-0.39, 0.29) is 26.1 Å². The molecule has 8 N–H and O–H groups in total. The summed E-state index contributed by atoms with van der Waals surface area (Å²) in [6.07, 6.45) is -5.85. The zero-order valence-corrected chi connectivity index (χ0v) is 23.8. The fourth-order valence-corrected chi connectivity index (χ4v) is 5.12. The second kappa shape index (κ2) is 16.7. The summed E-state index contributed by atoms with van der Waals surface area (Å²) in [6.45, 7) is 3.12. The number of unbranched alkanes of at least 4 members (excludes halogenated alkanes) is 2. The summed E-state index contributed by atoms with van der Waals surface area (Å²) in [4.78, 5) is 19.1. The van der Waals surface area contributed by atoms with E-state index in [0.717, 1.165) is 0 Å². The number of carbonyl (C=O) groups excluding carboxylic acids is 1. The maximum Gasteiger partial charge on any atom is 0.333 e. The van der Waals surface area contributed by atoms with E-state index >= 15 is 0 Å². The minimum Gasteiger partial charge on any atom is -0.492 e. The molecule has 3 rings (SSSR count). The molecule has 0 amide bonds. The average molecular weight is 607 g/mol. The Morgan fingerprint density at radius 3 is 2.31 bits per heavy atom. The molecule has 2 aliphatic rings. The van der Waals surface area contributed by atoms with Crippen LogP contribution in [0.4, 0.5) is 0 Å². The van der Waals surface area contributed by atoms with Gasteiger partial charge in [-0.3, -0.25) is 0 Å². The quantitative estimate of drug-likeness (QED) is 0.0974. The average Bonchev–Trinajstić information content (AvgIpc) is 3.28. The molecule has 2 saturated heterocycles. The lowest BCUT2D eigenvalue weighted by molar-refractivity contribution is -0.271. The molecule has 3 heterocycles. The lowest BCUT2D eigenvalue weighted by Crippen LogP contribution is -2.56. The smallest absolute Gasteiger partial charge is 0.333 e. The molecule has 0 radical (unpaired) electrons. The van der Waals surface area contributed by atoms with Crippen LogP contribution >= 0.6 is 0 Å². The van der Waals surface area contributed by atoms with Gasteiger partial charge in [0, 0.05) is 31.5 Å². The zero-order chi connectivity index (χ0) is 30.8. The van der Waals surface area contributed by atoms with Gasteiger partial charge in [-0.2, -0.15) is 0 Å². The Hall–Kier alpha value is -2.05. The number of hydrogen-bond donors (Lipinski definition) is 8. The van der Waals surface area contributed by atoms with Crippen molar-refractivity contribution in [2.75, 3.05) is 32.8 Å². The highest BCUT2D eigenvalue weighted by atomic mass is 16.7. The summed E-state index contributed by atoms with van der Waals surface area (Å²) < 4.78 is 17.5. The Balaban J connectivity index is 1.45. The van der Waals surface area contributed by atoms with Gasteiger partial charge in [-0.1, -0.05) is 6.42 Å². The summed E-state index contributed by atoms with van der Waals surface area (Å²) in [5.41, 5.74) is 0. The van der Waals surface area contributed by atoms with Crippen LogP contribution in [0.3, 0.4) is 0 Å². The van der Waals surface area contributed by atoms with E-state index < -0.39 is 72.9 Å². The number of aromatic hydroxyl groups is 2. The fraction of sp³-hybridized carbons (Fsp3) is 0.815. The van der Waals surface area contributed by atoms with E-state index in [1.807, 2.05) is 0 Å². The topological polar surface area (TPSA) is 224 Å². The highest BCUT2D eigenvalue weighted by Gasteiger charge is 2.41. The van der Waals surface area contributed by atoms with Crippen LogP contribution in [-0.2, 0) is 19.0 Å². The molecule has 0 aliphatic carbocycles. The van der Waals surface area contributed by atoms with E-state index in [2.05, 4.69) is 4.90 Å². The Bertz CT molecular complexity index is 918. The van der Waals surface area contributed by atoms with Crippen LogP contribution in [0.5, 0.6) is 11.8 Å². The number of aliphatic hydroxyl groups is 6. The Kier molecular flexibility index (Phi) is 13.7. The number of carbonyl (C=O) groups is 1. The summed E-state index contributed by atoms with van der Waals surface area (Å²) >= 11 is 0. The van der Waals surface area contributed by atoms with Gasteiger partial charge in [0.1, 0.15) is 24.4 Å². The molecule has 2 aliphatic heterocycles. The molecular weight excluding hydrogens is 560 g/mol. The van der Waals surface area contributed by atoms with Crippen LogP contribution in [0.25, 0.3) is 0 Å². The largest absolute Gasteiger partial charge is 0.492 e. The molecule has 0 spiro atoms. The van der Waals surface area contributed by atoms with Gasteiger partial charge in [0.05, 0.1) is 37.6 Å². The molecule has 1 aromatic heterocycles. The standard InChI is InChI=1S/C27H46N2O13/c1-16-23(35)26(38)25(37)19(40-16)6-5-11-28(12-13-39-27-24(36)18(31)14-17(15-30)41-27)10-4-2-3-7-22(34)42-29-20(32)8-9-21(29)33/h8-9,16-19,23-27,30-33,35-38H,2-7,10-15H2,1H3. The molecule has 0 aromatic carbocycles. The van der Waals surface area contributed by atoms with E-state index in [0.29, 0.717) is 56.5 Å². The monoisotopic (exact) mass is 606 g/mol. The van der Waals surface area contributed by atoms with E-state index in [1.54, 1.807) is 6.92 Å². The third-order valence-electron chi connectivity index (χ3n) is 7.66. The lowest BCUT2D eigenvalue weighted by Gasteiger charge is -2.39. The van der Waals surface area contributed by atoms with Crippen molar-refractivity contribution >= 4 is 5.97 Å². The molecule has 42 heavy (non-hydrogen) atoms. The van der Waals surface area contributed by atoms with Gasteiger partial charge in [-0.05, 0) is 45.7 Å². The van der Waals surface area contributed by atoms with Gasteiger partial charge < -0.3 is 64.8 Å². The molecule has 0 saturated carbocycles. The predicted octanol–water partition coefficient (Wildman–Crippen LogP) is -1.79. The maximum absolute atomic E-state index is 12.1. The first-order valence-corrected chi connectivity index (χ1v) is 14.5. The van der Waals surface area contributed by atoms with Gasteiger partial charge in [-0.15, -0.1) is 4.73 Å². The van der Waals surface area contributed by atoms with E-state index in [9.17, 15) is 45.6 Å². The van der Waals surface area contributed by atoms with Crippen LogP contribution in [0.2, 0.25) is 0 Å². The minimum absolute atomic E-state index is 0.0781. The van der Waals surface area contributed by atoms with Crippen molar-refractivity contribution < 1.29 is 64.7 Å². The van der Waals surface area contributed by atoms with E-state index in [1.165, 1.54) is 12.1 Å². The summed E-state index contributed by atoms with van der Waals surface area (Å²) in [6, 6.07) is 2.39. The van der Waals surface area contributed by atoms with Crippen molar-refractivity contribution in [3.05, 3.63) is 12.1 Å². The molecule has 0 bridgehead atoms. The van der Waals surface area contributed by atoms with Crippen LogP contribution in [0, 0.1) is 0 Å². The third kappa shape index (κ3) is 9.74. The Labute approximate surface area is 244 Å². The molecule has 9 atom stereocenters. The van der Waals surface area contributed by atoms with Crippen LogP contribution in [-0.4, -0.2) is 144 Å². The molecule has 1 aromatic rings. The summed E-state index contributed by atoms with van der Waals surface area (Å²) in [5.74, 6) is -1.39.